The van der Waals surface area contributed by atoms with E-state index in [1.54, 1.807) is 24.3 Å². The van der Waals surface area contributed by atoms with Crippen LogP contribution in [0.2, 0.25) is 0 Å². The molecule has 0 aromatic heterocycles. The summed E-state index contributed by atoms with van der Waals surface area (Å²) in [5.41, 5.74) is 1.31. The molecule has 2 aliphatic rings. The lowest BCUT2D eigenvalue weighted by molar-refractivity contribution is 0.0349. The first-order chi connectivity index (χ1) is 13.4. The minimum absolute atomic E-state index is 0.0255. The van der Waals surface area contributed by atoms with Gasteiger partial charge in [-0.3, -0.25) is 0 Å². The van der Waals surface area contributed by atoms with E-state index in [0.29, 0.717) is 18.3 Å². The molecule has 1 unspecified atom stereocenters. The molecule has 1 saturated carbocycles. The number of phenolic OH excluding ortho intramolecular Hbond substituents is 1. The molecule has 28 heavy (non-hydrogen) atoms. The summed E-state index contributed by atoms with van der Waals surface area (Å²) in [6, 6.07) is 13.5. The van der Waals surface area contributed by atoms with Crippen molar-refractivity contribution in [2.75, 3.05) is 26.2 Å². The Bertz CT molecular complexity index is 778. The number of fused-ring (bicyclic) bond motifs is 1. The van der Waals surface area contributed by atoms with Crippen LogP contribution in [0.1, 0.15) is 29.9 Å². The van der Waals surface area contributed by atoms with Crippen molar-refractivity contribution in [3.8, 4) is 5.75 Å². The van der Waals surface area contributed by atoms with Crippen molar-refractivity contribution in [3.63, 3.8) is 0 Å². The van der Waals surface area contributed by atoms with E-state index in [9.17, 15) is 19.7 Å². The molecule has 0 bridgehead atoms. The minimum Gasteiger partial charge on any atom is -0.508 e. The van der Waals surface area contributed by atoms with E-state index in [1.807, 2.05) is 12.1 Å². The topological polar surface area (TPSA) is 63.9 Å². The van der Waals surface area contributed by atoms with Crippen molar-refractivity contribution in [3.05, 3.63) is 65.5 Å². The van der Waals surface area contributed by atoms with Gasteiger partial charge in [0.25, 0.3) is 0 Å². The van der Waals surface area contributed by atoms with Gasteiger partial charge in [-0.1, -0.05) is 24.3 Å². The summed E-state index contributed by atoms with van der Waals surface area (Å²) in [7, 11) is 0. The molecule has 0 radical (unpaired) electrons. The maximum atomic E-state index is 13.1. The summed E-state index contributed by atoms with van der Waals surface area (Å²) < 4.78 is 13.1. The molecule has 4 atom stereocenters. The Kier molecular flexibility index (Phi) is 5.41. The molecule has 1 aliphatic carbocycles. The first kappa shape index (κ1) is 19.4. The van der Waals surface area contributed by atoms with Gasteiger partial charge in [0.15, 0.2) is 0 Å². The number of halogens is 1. The lowest BCUT2D eigenvalue weighted by Gasteiger charge is -2.27. The largest absolute Gasteiger partial charge is 0.508 e. The molecule has 1 heterocycles. The third-order valence-corrected chi connectivity index (χ3v) is 6.45. The van der Waals surface area contributed by atoms with Crippen LogP contribution in [0, 0.1) is 17.7 Å². The standard InChI is InChI=1S/C23H28FNO3/c24-21-5-1-16(2-6-21)9-23(28)10-18-12-25(13-19(18)11-23)14-20(15-26)17-3-7-22(27)8-4-17/h1-8,18-20,26-28H,9-15H2/t18-,19+,20-,23?/m1/s1. The van der Waals surface area contributed by atoms with Crippen LogP contribution < -0.4 is 0 Å². The Morgan fingerprint density at radius 1 is 1.00 bits per heavy atom. The molecule has 0 spiro atoms. The fourth-order valence-corrected chi connectivity index (χ4v) is 5.16. The average Bonchev–Trinajstić information content (AvgIpc) is 3.16. The second kappa shape index (κ2) is 7.82. The average molecular weight is 385 g/mol. The number of rotatable bonds is 6. The molecule has 2 fully saturated rings. The van der Waals surface area contributed by atoms with Gasteiger partial charge in [-0.15, -0.1) is 0 Å². The highest BCUT2D eigenvalue weighted by atomic mass is 19.1. The first-order valence-corrected chi connectivity index (χ1v) is 10.0. The summed E-state index contributed by atoms with van der Waals surface area (Å²) >= 11 is 0. The fourth-order valence-electron chi connectivity index (χ4n) is 5.16. The molecule has 4 nitrogen and oxygen atoms in total. The lowest BCUT2D eigenvalue weighted by atomic mass is 9.91. The van der Waals surface area contributed by atoms with Crippen LogP contribution in [-0.4, -0.2) is 52.1 Å². The number of aliphatic hydroxyl groups is 2. The zero-order valence-electron chi connectivity index (χ0n) is 16.0. The normalized spacial score (nSPS) is 28.4. The van der Waals surface area contributed by atoms with Crippen LogP contribution in [0.4, 0.5) is 4.39 Å². The van der Waals surface area contributed by atoms with Crippen LogP contribution in [0.15, 0.2) is 48.5 Å². The van der Waals surface area contributed by atoms with E-state index in [1.165, 1.54) is 12.1 Å². The lowest BCUT2D eigenvalue weighted by Crippen LogP contribution is -2.34. The van der Waals surface area contributed by atoms with Crippen LogP contribution in [0.25, 0.3) is 0 Å². The molecule has 1 saturated heterocycles. The SMILES string of the molecule is OC[C@@H](CN1C[C@@H]2CC(O)(Cc3ccc(F)cc3)C[C@@H]2C1)c1ccc(O)cc1. The van der Waals surface area contributed by atoms with Crippen molar-refractivity contribution in [2.24, 2.45) is 11.8 Å². The van der Waals surface area contributed by atoms with Crippen molar-refractivity contribution in [1.82, 2.24) is 4.90 Å². The van der Waals surface area contributed by atoms with Gasteiger partial charge in [0.05, 0.1) is 12.2 Å². The van der Waals surface area contributed by atoms with E-state index in [-0.39, 0.29) is 24.1 Å². The summed E-state index contributed by atoms with van der Waals surface area (Å²) in [4.78, 5) is 2.39. The Balaban J connectivity index is 1.34. The highest BCUT2D eigenvalue weighted by molar-refractivity contribution is 5.28. The van der Waals surface area contributed by atoms with Crippen molar-refractivity contribution in [2.45, 2.75) is 30.8 Å². The van der Waals surface area contributed by atoms with Crippen LogP contribution >= 0.6 is 0 Å². The van der Waals surface area contributed by atoms with E-state index in [2.05, 4.69) is 4.90 Å². The fraction of sp³-hybridized carbons (Fsp3) is 0.478. The number of benzene rings is 2. The number of aromatic hydroxyl groups is 1. The van der Waals surface area contributed by atoms with E-state index >= 15 is 0 Å². The van der Waals surface area contributed by atoms with Crippen molar-refractivity contribution in [1.29, 1.82) is 0 Å². The van der Waals surface area contributed by atoms with Gasteiger partial charge in [0, 0.05) is 32.0 Å². The number of aliphatic hydroxyl groups excluding tert-OH is 1. The van der Waals surface area contributed by atoms with Gasteiger partial charge in [-0.2, -0.15) is 0 Å². The van der Waals surface area contributed by atoms with Gasteiger partial charge in [0.1, 0.15) is 11.6 Å². The van der Waals surface area contributed by atoms with Crippen LogP contribution in [-0.2, 0) is 6.42 Å². The van der Waals surface area contributed by atoms with Crippen LogP contribution in [0.3, 0.4) is 0 Å². The number of hydrogen-bond acceptors (Lipinski definition) is 4. The molecular formula is C23H28FNO3. The van der Waals surface area contributed by atoms with E-state index < -0.39 is 5.60 Å². The molecular weight excluding hydrogens is 357 g/mol. The zero-order chi connectivity index (χ0) is 19.7. The van der Waals surface area contributed by atoms with Gasteiger partial charge < -0.3 is 20.2 Å². The predicted molar refractivity (Wildman–Crippen MR) is 106 cm³/mol. The maximum absolute atomic E-state index is 13.1. The summed E-state index contributed by atoms with van der Waals surface area (Å²) in [6.07, 6.45) is 2.12. The highest BCUT2D eigenvalue weighted by Gasteiger charge is 2.48. The summed E-state index contributed by atoms with van der Waals surface area (Å²) in [5, 5.41) is 30.3. The molecule has 3 N–H and O–H groups in total. The van der Waals surface area contributed by atoms with Crippen LogP contribution in [0.5, 0.6) is 5.75 Å². The Morgan fingerprint density at radius 3 is 2.18 bits per heavy atom. The number of phenols is 1. The van der Waals surface area contributed by atoms with Crippen molar-refractivity contribution >= 4 is 0 Å². The number of hydrogen-bond donors (Lipinski definition) is 3. The molecule has 1 aliphatic heterocycles. The first-order valence-electron chi connectivity index (χ1n) is 10.0. The Morgan fingerprint density at radius 2 is 1.61 bits per heavy atom. The minimum atomic E-state index is -0.702. The molecule has 0 amide bonds. The summed E-state index contributed by atoms with van der Waals surface area (Å²) in [5.74, 6) is 0.935. The van der Waals surface area contributed by atoms with Crippen molar-refractivity contribution < 1.29 is 19.7 Å². The molecule has 2 aromatic rings. The third-order valence-electron chi connectivity index (χ3n) is 6.45. The van der Waals surface area contributed by atoms with Gasteiger partial charge in [-0.25, -0.2) is 4.39 Å². The number of nitrogens with zero attached hydrogens (tertiary/aromatic N) is 1. The Labute approximate surface area is 165 Å². The number of likely N-dealkylation sites (tertiary alicyclic amines) is 1. The zero-order valence-corrected chi connectivity index (χ0v) is 16.0. The summed E-state index contributed by atoms with van der Waals surface area (Å²) in [6.45, 7) is 2.73. The smallest absolute Gasteiger partial charge is 0.123 e. The maximum Gasteiger partial charge on any atom is 0.123 e. The van der Waals surface area contributed by atoms with Gasteiger partial charge >= 0.3 is 0 Å². The van der Waals surface area contributed by atoms with E-state index in [0.717, 1.165) is 43.6 Å². The van der Waals surface area contributed by atoms with Gasteiger partial charge in [-0.05, 0) is 60.1 Å². The molecule has 150 valence electrons. The predicted octanol–water partition coefficient (Wildman–Crippen LogP) is 2.92. The molecule has 2 aromatic carbocycles. The monoisotopic (exact) mass is 385 g/mol. The molecule has 5 heteroatoms. The Hall–Kier alpha value is -1.95. The third kappa shape index (κ3) is 4.22. The molecule has 4 rings (SSSR count). The second-order valence-electron chi connectivity index (χ2n) is 8.65. The van der Waals surface area contributed by atoms with Gasteiger partial charge in [0.2, 0.25) is 0 Å². The second-order valence-corrected chi connectivity index (χ2v) is 8.65. The van der Waals surface area contributed by atoms with E-state index in [4.69, 9.17) is 0 Å². The highest BCUT2D eigenvalue weighted by Crippen LogP contribution is 2.45. The quantitative estimate of drug-likeness (QED) is 0.716.